The van der Waals surface area contributed by atoms with E-state index in [1.54, 1.807) is 6.20 Å². The number of hydrogen-bond acceptors (Lipinski definition) is 3. The minimum Gasteiger partial charge on any atom is -0.481 e. The fourth-order valence-corrected chi connectivity index (χ4v) is 2.18. The van der Waals surface area contributed by atoms with Gasteiger partial charge in [0.15, 0.2) is 0 Å². The molecule has 4 nitrogen and oxygen atoms in total. The zero-order valence-electron chi connectivity index (χ0n) is 12.4. The standard InChI is InChI=1S/C16H26N2O2/c1-2-3-4-5-8-12-18(13-10-16(19)20)14-15-9-6-7-11-17-15/h6-7,9,11H,2-5,8,10,12-14H2,1H3,(H,19,20). The monoisotopic (exact) mass is 278 g/mol. The molecule has 1 N–H and O–H groups in total. The normalized spacial score (nSPS) is 10.9. The second kappa shape index (κ2) is 10.4. The van der Waals surface area contributed by atoms with Crippen LogP contribution in [0.3, 0.4) is 0 Å². The van der Waals surface area contributed by atoms with E-state index in [2.05, 4.69) is 16.8 Å². The highest BCUT2D eigenvalue weighted by Crippen LogP contribution is 2.07. The number of aliphatic carboxylic acids is 1. The molecule has 112 valence electrons. The Kier molecular flexibility index (Phi) is 8.63. The highest BCUT2D eigenvalue weighted by atomic mass is 16.4. The van der Waals surface area contributed by atoms with Crippen molar-refractivity contribution in [1.29, 1.82) is 0 Å². The number of carbonyl (C=O) groups is 1. The van der Waals surface area contributed by atoms with E-state index in [1.807, 2.05) is 18.2 Å². The lowest BCUT2D eigenvalue weighted by atomic mass is 10.1. The van der Waals surface area contributed by atoms with Crippen LogP contribution in [0.5, 0.6) is 0 Å². The molecule has 0 aliphatic heterocycles. The van der Waals surface area contributed by atoms with Crippen LogP contribution in [0.25, 0.3) is 0 Å². The molecule has 0 aromatic carbocycles. The number of aromatic nitrogens is 1. The summed E-state index contributed by atoms with van der Waals surface area (Å²) in [5, 5.41) is 8.83. The fourth-order valence-electron chi connectivity index (χ4n) is 2.18. The summed E-state index contributed by atoms with van der Waals surface area (Å²) in [6, 6.07) is 5.86. The van der Waals surface area contributed by atoms with Crippen molar-refractivity contribution >= 4 is 5.97 Å². The summed E-state index contributed by atoms with van der Waals surface area (Å²) in [7, 11) is 0. The van der Waals surface area contributed by atoms with Crippen molar-refractivity contribution in [1.82, 2.24) is 9.88 Å². The highest BCUT2D eigenvalue weighted by Gasteiger charge is 2.08. The van der Waals surface area contributed by atoms with E-state index < -0.39 is 5.97 Å². The predicted molar refractivity (Wildman–Crippen MR) is 80.5 cm³/mol. The molecule has 0 saturated heterocycles. The van der Waals surface area contributed by atoms with Crippen LogP contribution in [-0.2, 0) is 11.3 Å². The molecule has 0 saturated carbocycles. The van der Waals surface area contributed by atoms with Crippen molar-refractivity contribution in [2.75, 3.05) is 13.1 Å². The lowest BCUT2D eigenvalue weighted by molar-refractivity contribution is -0.137. The fraction of sp³-hybridized carbons (Fsp3) is 0.625. The van der Waals surface area contributed by atoms with E-state index in [9.17, 15) is 4.79 Å². The molecular formula is C16H26N2O2. The zero-order valence-corrected chi connectivity index (χ0v) is 12.4. The van der Waals surface area contributed by atoms with Gasteiger partial charge in [-0.05, 0) is 25.1 Å². The van der Waals surface area contributed by atoms with Crippen molar-refractivity contribution in [2.45, 2.75) is 52.0 Å². The Morgan fingerprint density at radius 1 is 1.20 bits per heavy atom. The summed E-state index contributed by atoms with van der Waals surface area (Å²) >= 11 is 0. The van der Waals surface area contributed by atoms with Gasteiger partial charge in [0.1, 0.15) is 0 Å². The Balaban J connectivity index is 2.37. The molecule has 0 bridgehead atoms. The molecule has 20 heavy (non-hydrogen) atoms. The van der Waals surface area contributed by atoms with Gasteiger partial charge >= 0.3 is 5.97 Å². The second-order valence-corrected chi connectivity index (χ2v) is 5.16. The number of hydrogen-bond donors (Lipinski definition) is 1. The summed E-state index contributed by atoms with van der Waals surface area (Å²) in [5.41, 5.74) is 1.01. The molecule has 0 spiro atoms. The number of carboxylic acids is 1. The molecule has 0 atom stereocenters. The van der Waals surface area contributed by atoms with Crippen LogP contribution >= 0.6 is 0 Å². The molecule has 4 heteroatoms. The first-order valence-corrected chi connectivity index (χ1v) is 7.56. The van der Waals surface area contributed by atoms with Crippen molar-refractivity contribution in [3.8, 4) is 0 Å². The Morgan fingerprint density at radius 2 is 2.00 bits per heavy atom. The van der Waals surface area contributed by atoms with Gasteiger partial charge in [0.05, 0.1) is 12.1 Å². The van der Waals surface area contributed by atoms with Crippen molar-refractivity contribution in [3.05, 3.63) is 30.1 Å². The van der Waals surface area contributed by atoms with E-state index >= 15 is 0 Å². The molecule has 0 aliphatic carbocycles. The maximum atomic E-state index is 10.7. The molecule has 0 unspecified atom stereocenters. The third-order valence-electron chi connectivity index (χ3n) is 3.33. The van der Waals surface area contributed by atoms with Crippen LogP contribution in [0.15, 0.2) is 24.4 Å². The minimum atomic E-state index is -0.734. The Morgan fingerprint density at radius 3 is 2.65 bits per heavy atom. The van der Waals surface area contributed by atoms with Gasteiger partial charge < -0.3 is 5.11 Å². The van der Waals surface area contributed by atoms with Gasteiger partial charge in [-0.2, -0.15) is 0 Å². The molecule has 0 aliphatic rings. The van der Waals surface area contributed by atoms with E-state index in [0.717, 1.165) is 25.2 Å². The summed E-state index contributed by atoms with van der Waals surface area (Å²) in [5.74, 6) is -0.734. The zero-order chi connectivity index (χ0) is 14.6. The van der Waals surface area contributed by atoms with Crippen LogP contribution in [0.4, 0.5) is 0 Å². The molecular weight excluding hydrogens is 252 g/mol. The average molecular weight is 278 g/mol. The number of unbranched alkanes of at least 4 members (excludes halogenated alkanes) is 4. The van der Waals surface area contributed by atoms with E-state index in [0.29, 0.717) is 6.54 Å². The minimum absolute atomic E-state index is 0.196. The highest BCUT2D eigenvalue weighted by molar-refractivity contribution is 5.66. The van der Waals surface area contributed by atoms with Crippen LogP contribution in [0.1, 0.15) is 51.1 Å². The molecule has 0 radical (unpaired) electrons. The first-order chi connectivity index (χ1) is 9.72. The smallest absolute Gasteiger partial charge is 0.304 e. The first-order valence-electron chi connectivity index (χ1n) is 7.56. The average Bonchev–Trinajstić information content (AvgIpc) is 2.45. The Bertz CT molecular complexity index is 368. The molecule has 1 aromatic rings. The van der Waals surface area contributed by atoms with E-state index in [-0.39, 0.29) is 6.42 Å². The molecule has 0 amide bonds. The van der Waals surface area contributed by atoms with Gasteiger partial charge in [0, 0.05) is 19.3 Å². The van der Waals surface area contributed by atoms with E-state index in [1.165, 1.54) is 25.7 Å². The van der Waals surface area contributed by atoms with Crippen LogP contribution in [-0.4, -0.2) is 34.0 Å². The number of pyridine rings is 1. The van der Waals surface area contributed by atoms with Crippen molar-refractivity contribution in [3.63, 3.8) is 0 Å². The van der Waals surface area contributed by atoms with Gasteiger partial charge in [-0.15, -0.1) is 0 Å². The summed E-state index contributed by atoms with van der Waals surface area (Å²) < 4.78 is 0. The summed E-state index contributed by atoms with van der Waals surface area (Å²) in [6.45, 7) is 4.50. The van der Waals surface area contributed by atoms with Gasteiger partial charge in [-0.3, -0.25) is 14.7 Å². The van der Waals surface area contributed by atoms with E-state index in [4.69, 9.17) is 5.11 Å². The SMILES string of the molecule is CCCCCCCN(CCC(=O)O)Cc1ccccn1. The van der Waals surface area contributed by atoms with Gasteiger partial charge in [-0.25, -0.2) is 0 Å². The maximum Gasteiger partial charge on any atom is 0.304 e. The molecule has 1 heterocycles. The van der Waals surface area contributed by atoms with Gasteiger partial charge in [-0.1, -0.05) is 38.7 Å². The van der Waals surface area contributed by atoms with Crippen LogP contribution in [0, 0.1) is 0 Å². The lowest BCUT2D eigenvalue weighted by Crippen LogP contribution is -2.27. The third-order valence-corrected chi connectivity index (χ3v) is 3.33. The summed E-state index contributed by atoms with van der Waals surface area (Å²) in [6.07, 6.45) is 8.14. The van der Waals surface area contributed by atoms with Crippen LogP contribution < -0.4 is 0 Å². The maximum absolute atomic E-state index is 10.7. The molecule has 1 aromatic heterocycles. The quantitative estimate of drug-likeness (QED) is 0.631. The number of rotatable bonds is 11. The molecule has 1 rings (SSSR count). The first kappa shape index (κ1) is 16.6. The number of carboxylic acid groups (broad SMARTS) is 1. The largest absolute Gasteiger partial charge is 0.481 e. The second-order valence-electron chi connectivity index (χ2n) is 5.16. The Hall–Kier alpha value is -1.42. The summed E-state index contributed by atoms with van der Waals surface area (Å²) in [4.78, 5) is 17.2. The lowest BCUT2D eigenvalue weighted by Gasteiger charge is -2.21. The number of nitrogens with zero attached hydrogens (tertiary/aromatic N) is 2. The van der Waals surface area contributed by atoms with Crippen molar-refractivity contribution < 1.29 is 9.90 Å². The molecule has 0 fully saturated rings. The van der Waals surface area contributed by atoms with Gasteiger partial charge in [0.2, 0.25) is 0 Å². The van der Waals surface area contributed by atoms with Crippen LogP contribution in [0.2, 0.25) is 0 Å². The predicted octanol–water partition coefficient (Wildman–Crippen LogP) is 3.33. The van der Waals surface area contributed by atoms with Crippen molar-refractivity contribution in [2.24, 2.45) is 0 Å². The topological polar surface area (TPSA) is 53.4 Å². The Labute approximate surface area is 121 Å². The van der Waals surface area contributed by atoms with Gasteiger partial charge in [0.25, 0.3) is 0 Å². The third kappa shape index (κ3) is 7.89.